The molecule has 5 heteroatoms. The molecule has 3 N–H and O–H groups in total. The average Bonchev–Trinajstić information content (AvgIpc) is 3.06. The molecule has 4 aromatic rings. The number of halogens is 1. The predicted molar refractivity (Wildman–Crippen MR) is 109 cm³/mol. The molecule has 0 atom stereocenters. The van der Waals surface area contributed by atoms with E-state index in [0.29, 0.717) is 24.5 Å². The fraction of sp³-hybridized carbons (Fsp3) is 0.0870. The second-order valence-corrected chi connectivity index (χ2v) is 6.73. The van der Waals surface area contributed by atoms with E-state index in [4.69, 9.17) is 5.73 Å². The minimum atomic E-state index is -0.283. The predicted octanol–water partition coefficient (Wildman–Crippen LogP) is 4.34. The van der Waals surface area contributed by atoms with Crippen LogP contribution in [-0.4, -0.2) is 10.5 Å². The Morgan fingerprint density at radius 2 is 1.68 bits per heavy atom. The van der Waals surface area contributed by atoms with Crippen LogP contribution in [0, 0.1) is 5.82 Å². The summed E-state index contributed by atoms with van der Waals surface area (Å²) in [5.41, 5.74) is 9.94. The smallest absolute Gasteiger partial charge is 0.268 e. The van der Waals surface area contributed by atoms with E-state index in [1.165, 1.54) is 12.1 Å². The molecule has 1 heterocycles. The maximum absolute atomic E-state index is 13.2. The van der Waals surface area contributed by atoms with Crippen LogP contribution in [0.5, 0.6) is 0 Å². The first-order valence-electron chi connectivity index (χ1n) is 9.05. The topological polar surface area (TPSA) is 60.1 Å². The zero-order chi connectivity index (χ0) is 19.5. The van der Waals surface area contributed by atoms with Crippen LogP contribution in [0.15, 0.2) is 78.9 Å². The van der Waals surface area contributed by atoms with Gasteiger partial charge >= 0.3 is 0 Å². The van der Waals surface area contributed by atoms with Crippen molar-refractivity contribution in [2.24, 2.45) is 0 Å². The number of anilines is 1. The van der Waals surface area contributed by atoms with Crippen LogP contribution in [0.25, 0.3) is 10.9 Å². The Hall–Kier alpha value is -3.60. The molecule has 1 amide bonds. The molecule has 0 radical (unpaired) electrons. The number of nitrogens with one attached hydrogen (secondary N) is 1. The number of nitrogens with two attached hydrogens (primary N) is 1. The summed E-state index contributed by atoms with van der Waals surface area (Å²) >= 11 is 0. The largest absolute Gasteiger partial charge is 0.399 e. The summed E-state index contributed by atoms with van der Waals surface area (Å²) in [6, 6.07) is 23.5. The molecule has 3 aromatic carbocycles. The lowest BCUT2D eigenvalue weighted by Crippen LogP contribution is -2.25. The summed E-state index contributed by atoms with van der Waals surface area (Å²) in [5, 5.41) is 3.87. The van der Waals surface area contributed by atoms with E-state index in [9.17, 15) is 9.18 Å². The van der Waals surface area contributed by atoms with Crippen LogP contribution in [0.3, 0.4) is 0 Å². The van der Waals surface area contributed by atoms with Crippen LogP contribution in [0.4, 0.5) is 10.1 Å². The van der Waals surface area contributed by atoms with Crippen LogP contribution >= 0.6 is 0 Å². The molecule has 0 fully saturated rings. The van der Waals surface area contributed by atoms with Crippen molar-refractivity contribution in [3.63, 3.8) is 0 Å². The summed E-state index contributed by atoms with van der Waals surface area (Å²) in [5.74, 6) is -0.449. The number of benzene rings is 3. The molecule has 0 spiro atoms. The molecule has 4 rings (SSSR count). The Kier molecular flexibility index (Phi) is 4.81. The number of hydrogen-bond acceptors (Lipinski definition) is 2. The lowest BCUT2D eigenvalue weighted by molar-refractivity contribution is 0.0942. The van der Waals surface area contributed by atoms with Gasteiger partial charge in [0.25, 0.3) is 5.91 Å². The maximum atomic E-state index is 13.2. The zero-order valence-electron chi connectivity index (χ0n) is 15.2. The Balaban J connectivity index is 1.67. The molecule has 140 valence electrons. The molecule has 28 heavy (non-hydrogen) atoms. The third kappa shape index (κ3) is 3.74. The fourth-order valence-corrected chi connectivity index (χ4v) is 3.29. The second kappa shape index (κ2) is 7.56. The average molecular weight is 373 g/mol. The first kappa shape index (κ1) is 17.8. The lowest BCUT2D eigenvalue weighted by atomic mass is 10.2. The van der Waals surface area contributed by atoms with Gasteiger partial charge in [-0.2, -0.15) is 0 Å². The van der Waals surface area contributed by atoms with Gasteiger partial charge in [-0.15, -0.1) is 0 Å². The number of aromatic nitrogens is 1. The van der Waals surface area contributed by atoms with Gasteiger partial charge in [0.1, 0.15) is 11.5 Å². The standard InChI is InChI=1S/C23H20FN3O/c24-19-8-6-17(7-9-19)15-27-21-11-10-20(25)12-18(21)13-22(27)23(28)26-14-16-4-2-1-3-5-16/h1-13H,14-15,25H2,(H,26,28). The van der Waals surface area contributed by atoms with E-state index in [0.717, 1.165) is 22.0 Å². The van der Waals surface area contributed by atoms with Gasteiger partial charge in [0.05, 0.1) is 0 Å². The maximum Gasteiger partial charge on any atom is 0.268 e. The number of rotatable bonds is 5. The highest BCUT2D eigenvalue weighted by Crippen LogP contribution is 2.24. The highest BCUT2D eigenvalue weighted by molar-refractivity contribution is 5.99. The van der Waals surface area contributed by atoms with Crippen molar-refractivity contribution in [3.8, 4) is 0 Å². The molecule has 0 saturated heterocycles. The third-order valence-electron chi connectivity index (χ3n) is 4.71. The monoisotopic (exact) mass is 373 g/mol. The minimum Gasteiger partial charge on any atom is -0.399 e. The van der Waals surface area contributed by atoms with Crippen molar-refractivity contribution in [2.45, 2.75) is 13.1 Å². The summed E-state index contributed by atoms with van der Waals surface area (Å²) in [6.45, 7) is 0.904. The van der Waals surface area contributed by atoms with E-state index in [1.807, 2.05) is 59.2 Å². The number of carbonyl (C=O) groups excluding carboxylic acids is 1. The molecule has 0 bridgehead atoms. The van der Waals surface area contributed by atoms with Crippen molar-refractivity contribution in [3.05, 3.63) is 102 Å². The van der Waals surface area contributed by atoms with E-state index in [1.54, 1.807) is 12.1 Å². The van der Waals surface area contributed by atoms with Crippen molar-refractivity contribution in [2.75, 3.05) is 5.73 Å². The summed E-state index contributed by atoms with van der Waals surface area (Å²) in [4.78, 5) is 12.9. The first-order chi connectivity index (χ1) is 13.6. The van der Waals surface area contributed by atoms with Crippen molar-refractivity contribution in [1.29, 1.82) is 0 Å². The SMILES string of the molecule is Nc1ccc2c(c1)cc(C(=O)NCc1ccccc1)n2Cc1ccc(F)cc1. The summed E-state index contributed by atoms with van der Waals surface area (Å²) < 4.78 is 15.2. The molecule has 1 aromatic heterocycles. The van der Waals surface area contributed by atoms with Crippen LogP contribution in [0.1, 0.15) is 21.6 Å². The Bertz CT molecular complexity index is 1120. The molecular weight excluding hydrogens is 353 g/mol. The molecule has 0 aliphatic carbocycles. The molecule has 4 nitrogen and oxygen atoms in total. The molecule has 0 unspecified atom stereocenters. The van der Waals surface area contributed by atoms with E-state index in [2.05, 4.69) is 5.32 Å². The van der Waals surface area contributed by atoms with Crippen molar-refractivity contribution < 1.29 is 9.18 Å². The van der Waals surface area contributed by atoms with Gasteiger partial charge in [-0.25, -0.2) is 4.39 Å². The van der Waals surface area contributed by atoms with Gasteiger partial charge in [0.2, 0.25) is 0 Å². The highest BCUT2D eigenvalue weighted by Gasteiger charge is 2.16. The van der Waals surface area contributed by atoms with Gasteiger partial charge in [-0.1, -0.05) is 42.5 Å². The highest BCUT2D eigenvalue weighted by atomic mass is 19.1. The second-order valence-electron chi connectivity index (χ2n) is 6.73. The van der Waals surface area contributed by atoms with E-state index in [-0.39, 0.29) is 11.7 Å². The zero-order valence-corrected chi connectivity index (χ0v) is 15.2. The number of fused-ring (bicyclic) bond motifs is 1. The number of carbonyl (C=O) groups is 1. The third-order valence-corrected chi connectivity index (χ3v) is 4.71. The molecule has 0 aliphatic heterocycles. The lowest BCUT2D eigenvalue weighted by Gasteiger charge is -2.12. The Morgan fingerprint density at radius 3 is 2.43 bits per heavy atom. The fourth-order valence-electron chi connectivity index (χ4n) is 3.29. The van der Waals surface area contributed by atoms with Gasteiger partial charge in [0, 0.05) is 29.7 Å². The van der Waals surface area contributed by atoms with Gasteiger partial charge in [0.15, 0.2) is 0 Å². The Labute approximate surface area is 162 Å². The van der Waals surface area contributed by atoms with Crippen molar-refractivity contribution >= 4 is 22.5 Å². The number of nitrogen functional groups attached to an aromatic ring is 1. The van der Waals surface area contributed by atoms with Crippen LogP contribution in [0.2, 0.25) is 0 Å². The minimum absolute atomic E-state index is 0.166. The molecule has 0 saturated carbocycles. The van der Waals surface area contributed by atoms with Gasteiger partial charge < -0.3 is 15.6 Å². The van der Waals surface area contributed by atoms with Gasteiger partial charge in [-0.05, 0) is 47.5 Å². The quantitative estimate of drug-likeness (QED) is 0.511. The first-order valence-corrected chi connectivity index (χ1v) is 9.05. The molecule has 0 aliphatic rings. The Morgan fingerprint density at radius 1 is 0.929 bits per heavy atom. The molecular formula is C23H20FN3O. The number of amides is 1. The van der Waals surface area contributed by atoms with Crippen molar-refractivity contribution in [1.82, 2.24) is 9.88 Å². The summed E-state index contributed by atoms with van der Waals surface area (Å²) in [6.07, 6.45) is 0. The van der Waals surface area contributed by atoms with Crippen LogP contribution in [-0.2, 0) is 13.1 Å². The van der Waals surface area contributed by atoms with E-state index < -0.39 is 0 Å². The number of nitrogens with zero attached hydrogens (tertiary/aromatic N) is 1. The summed E-state index contributed by atoms with van der Waals surface area (Å²) in [7, 11) is 0. The number of hydrogen-bond donors (Lipinski definition) is 2. The van der Waals surface area contributed by atoms with Gasteiger partial charge in [-0.3, -0.25) is 4.79 Å². The van der Waals surface area contributed by atoms with Crippen LogP contribution < -0.4 is 11.1 Å². The normalized spacial score (nSPS) is 10.9. The van der Waals surface area contributed by atoms with E-state index >= 15 is 0 Å².